The van der Waals surface area contributed by atoms with Crippen molar-refractivity contribution >= 4 is 39.1 Å². The van der Waals surface area contributed by atoms with Crippen LogP contribution in [0.1, 0.15) is 31.9 Å². The third-order valence-electron chi connectivity index (χ3n) is 7.11. The van der Waals surface area contributed by atoms with E-state index in [1.165, 1.54) is 21.4 Å². The Morgan fingerprint density at radius 1 is 1.02 bits per heavy atom. The van der Waals surface area contributed by atoms with Gasteiger partial charge in [-0.05, 0) is 65.7 Å². The molecule has 2 aliphatic heterocycles. The largest absolute Gasteiger partial charge is 0.393 e. The second-order valence-corrected chi connectivity index (χ2v) is 11.3. The molecule has 11 nitrogen and oxygen atoms in total. The van der Waals surface area contributed by atoms with E-state index >= 15 is 0 Å². The third-order valence-corrected chi connectivity index (χ3v) is 7.82. The molecular weight excluding hydrogens is 598 g/mol. The van der Waals surface area contributed by atoms with E-state index in [2.05, 4.69) is 41.3 Å². The number of aliphatic hydroxyl groups excluding tert-OH is 1. The summed E-state index contributed by atoms with van der Waals surface area (Å²) in [7, 11) is 0. The monoisotopic (exact) mass is 635 g/mol. The number of piperazine rings is 1. The molecule has 0 radical (unpaired) electrons. The van der Waals surface area contributed by atoms with E-state index in [1.807, 2.05) is 12.1 Å². The Morgan fingerprint density at radius 2 is 1.75 bits per heavy atom. The van der Waals surface area contributed by atoms with E-state index in [0.717, 1.165) is 81.8 Å². The Balaban J connectivity index is 1.06. The molecule has 40 heavy (non-hydrogen) atoms. The van der Waals surface area contributed by atoms with Crippen molar-refractivity contribution < 1.29 is 9.84 Å². The summed E-state index contributed by atoms with van der Waals surface area (Å²) in [4.78, 5) is 34.3. The molecule has 2 aromatic rings. The highest BCUT2D eigenvalue weighted by atomic mass is 79.9. The number of anilines is 1. The molecule has 2 aromatic heterocycles. The summed E-state index contributed by atoms with van der Waals surface area (Å²) in [6.07, 6.45) is 9.52. The SMILES string of the molecule is O=c1ccn([C@H]2C=C[C@@H](CO)O2)c(=O)n1CCCCCCN1CCN(CCNC(=S)Nc2ccc(Br)cn2)CC1. The zero-order valence-electron chi connectivity index (χ0n) is 22.6. The molecule has 3 N–H and O–H groups in total. The van der Waals surface area contributed by atoms with Gasteiger partial charge in [0.1, 0.15) is 11.9 Å². The highest BCUT2D eigenvalue weighted by Gasteiger charge is 2.22. The van der Waals surface area contributed by atoms with Gasteiger partial charge in [0.05, 0.1) is 6.61 Å². The standard InChI is InChI=1S/C27H38BrN7O4S/c28-21-5-7-23(30-19-21)31-26(40)29-10-14-33-17-15-32(16-18-33)11-3-1-2-4-12-34-24(37)9-13-35(27(34)38)25-8-6-22(20-36)39-25/h5-9,13,19,22,25,36H,1-4,10-12,14-18,20H2,(H2,29,30,31,40)/t22-,25+/m0/s1. The third kappa shape index (κ3) is 9.05. The Labute approximate surface area is 248 Å². The average Bonchev–Trinajstić information content (AvgIpc) is 3.43. The number of aromatic nitrogens is 3. The number of halogens is 1. The van der Waals surface area contributed by atoms with Gasteiger partial charge in [-0.15, -0.1) is 0 Å². The average molecular weight is 637 g/mol. The number of thiocarbonyl (C=S) groups is 1. The quantitative estimate of drug-likeness (QED) is 0.171. The fourth-order valence-electron chi connectivity index (χ4n) is 4.82. The lowest BCUT2D eigenvalue weighted by atomic mass is 10.1. The summed E-state index contributed by atoms with van der Waals surface area (Å²) in [5, 5.41) is 16.2. The lowest BCUT2D eigenvalue weighted by molar-refractivity contribution is -0.0110. The van der Waals surface area contributed by atoms with Gasteiger partial charge >= 0.3 is 5.69 Å². The molecule has 218 valence electrons. The van der Waals surface area contributed by atoms with Crippen LogP contribution in [0.3, 0.4) is 0 Å². The fraction of sp³-hybridized carbons (Fsp3) is 0.556. The molecule has 0 spiro atoms. The number of aliphatic hydroxyl groups is 1. The molecule has 0 unspecified atom stereocenters. The van der Waals surface area contributed by atoms with Crippen molar-refractivity contribution in [2.24, 2.45) is 0 Å². The van der Waals surface area contributed by atoms with E-state index < -0.39 is 12.3 Å². The number of rotatable bonds is 13. The first-order chi connectivity index (χ1) is 19.4. The minimum absolute atomic E-state index is 0.145. The van der Waals surface area contributed by atoms with Gasteiger partial charge < -0.3 is 25.4 Å². The normalized spacial score (nSPS) is 19.6. The number of ether oxygens (including phenoxy) is 1. The second kappa shape index (κ2) is 15.5. The van der Waals surface area contributed by atoms with Gasteiger partial charge in [0.25, 0.3) is 5.56 Å². The molecule has 0 saturated carbocycles. The summed E-state index contributed by atoms with van der Waals surface area (Å²) < 4.78 is 9.21. The van der Waals surface area contributed by atoms with Crippen LogP contribution in [0.15, 0.2) is 56.8 Å². The molecular formula is C27H38BrN7O4S. The van der Waals surface area contributed by atoms with E-state index in [4.69, 9.17) is 17.0 Å². The van der Waals surface area contributed by atoms with Gasteiger partial charge in [-0.3, -0.25) is 18.8 Å². The predicted octanol–water partition coefficient (Wildman–Crippen LogP) is 1.78. The zero-order chi connectivity index (χ0) is 28.3. The van der Waals surface area contributed by atoms with Crippen molar-refractivity contribution in [2.45, 2.75) is 44.6 Å². The van der Waals surface area contributed by atoms with Gasteiger partial charge in [-0.25, -0.2) is 9.78 Å². The smallest absolute Gasteiger partial charge is 0.333 e. The van der Waals surface area contributed by atoms with Crippen LogP contribution >= 0.6 is 28.1 Å². The molecule has 0 bridgehead atoms. The number of unbranched alkanes of at least 4 members (excludes halogenated alkanes) is 3. The van der Waals surface area contributed by atoms with Gasteiger partial charge in [-0.2, -0.15) is 0 Å². The lowest BCUT2D eigenvalue weighted by Gasteiger charge is -2.34. The van der Waals surface area contributed by atoms with Crippen LogP contribution in [0.5, 0.6) is 0 Å². The Hall–Kier alpha value is -2.42. The van der Waals surface area contributed by atoms with Crippen molar-refractivity contribution in [3.8, 4) is 0 Å². The number of hydrogen-bond donors (Lipinski definition) is 3. The summed E-state index contributed by atoms with van der Waals surface area (Å²) in [6, 6.07) is 5.19. The minimum atomic E-state index is -0.595. The number of nitrogens with one attached hydrogen (secondary N) is 2. The predicted molar refractivity (Wildman–Crippen MR) is 163 cm³/mol. The summed E-state index contributed by atoms with van der Waals surface area (Å²) in [5.41, 5.74) is -0.678. The number of pyridine rings is 1. The van der Waals surface area contributed by atoms with Gasteiger partial charge in [0.15, 0.2) is 11.3 Å². The molecule has 0 aliphatic carbocycles. The van der Waals surface area contributed by atoms with Crippen LogP contribution < -0.4 is 21.9 Å². The van der Waals surface area contributed by atoms with Crippen molar-refractivity contribution in [2.75, 3.05) is 57.7 Å². The topological polar surface area (TPSA) is 117 Å². The molecule has 4 rings (SSSR count). The number of hydrogen-bond acceptors (Lipinski definition) is 8. The molecule has 13 heteroatoms. The van der Waals surface area contributed by atoms with E-state index in [0.29, 0.717) is 11.7 Å². The van der Waals surface area contributed by atoms with Crippen LogP contribution in [-0.4, -0.2) is 92.7 Å². The molecule has 1 saturated heterocycles. The van der Waals surface area contributed by atoms with Gasteiger partial charge in [-0.1, -0.05) is 18.9 Å². The van der Waals surface area contributed by atoms with Gasteiger partial charge in [0.2, 0.25) is 0 Å². The molecule has 1 fully saturated rings. The zero-order valence-corrected chi connectivity index (χ0v) is 25.0. The fourth-order valence-corrected chi connectivity index (χ4v) is 5.26. The van der Waals surface area contributed by atoms with Crippen LogP contribution in [-0.2, 0) is 11.3 Å². The van der Waals surface area contributed by atoms with Crippen LogP contribution in [0.2, 0.25) is 0 Å². The highest BCUT2D eigenvalue weighted by molar-refractivity contribution is 9.10. The maximum atomic E-state index is 12.8. The van der Waals surface area contributed by atoms with Crippen molar-refractivity contribution in [3.05, 3.63) is 68.1 Å². The van der Waals surface area contributed by atoms with Crippen molar-refractivity contribution in [1.29, 1.82) is 0 Å². The summed E-state index contributed by atoms with van der Waals surface area (Å²) in [5.74, 6) is 0.719. The Morgan fingerprint density at radius 3 is 2.42 bits per heavy atom. The Kier molecular flexibility index (Phi) is 11.9. The first-order valence-electron chi connectivity index (χ1n) is 13.8. The van der Waals surface area contributed by atoms with E-state index in [9.17, 15) is 14.7 Å². The van der Waals surface area contributed by atoms with Crippen LogP contribution in [0.4, 0.5) is 5.82 Å². The van der Waals surface area contributed by atoms with Crippen LogP contribution in [0, 0.1) is 0 Å². The number of nitrogens with zero attached hydrogens (tertiary/aromatic N) is 5. The van der Waals surface area contributed by atoms with Gasteiger partial charge in [0, 0.05) is 68.7 Å². The molecule has 0 aromatic carbocycles. The molecule has 0 amide bonds. The second-order valence-electron chi connectivity index (χ2n) is 9.97. The Bertz CT molecular complexity index is 1240. The molecule has 4 heterocycles. The molecule has 2 aliphatic rings. The molecule has 2 atom stereocenters. The van der Waals surface area contributed by atoms with Crippen molar-refractivity contribution in [1.82, 2.24) is 29.2 Å². The van der Waals surface area contributed by atoms with E-state index in [1.54, 1.807) is 18.3 Å². The maximum absolute atomic E-state index is 12.8. The highest BCUT2D eigenvalue weighted by Crippen LogP contribution is 2.18. The van der Waals surface area contributed by atoms with Crippen molar-refractivity contribution in [3.63, 3.8) is 0 Å². The lowest BCUT2D eigenvalue weighted by Crippen LogP contribution is -2.48. The van der Waals surface area contributed by atoms with Crippen LogP contribution in [0.25, 0.3) is 0 Å². The van der Waals surface area contributed by atoms with E-state index in [-0.39, 0.29) is 17.9 Å². The first kappa shape index (κ1) is 30.5. The minimum Gasteiger partial charge on any atom is -0.393 e. The summed E-state index contributed by atoms with van der Waals surface area (Å²) >= 11 is 8.73. The maximum Gasteiger partial charge on any atom is 0.333 e. The summed E-state index contributed by atoms with van der Waals surface area (Å²) in [6.45, 7) is 7.23. The first-order valence-corrected chi connectivity index (χ1v) is 15.0.